The third-order valence-electron chi connectivity index (χ3n) is 4.25. The van der Waals surface area contributed by atoms with E-state index in [9.17, 15) is 9.59 Å². The smallest absolute Gasteiger partial charge is 0.257 e. The summed E-state index contributed by atoms with van der Waals surface area (Å²) in [6, 6.07) is 8.82. The van der Waals surface area contributed by atoms with Crippen LogP contribution >= 0.6 is 23.6 Å². The van der Waals surface area contributed by atoms with Crippen molar-refractivity contribution in [2.45, 2.75) is 26.2 Å². The Morgan fingerprint density at radius 3 is 2.68 bits per heavy atom. The summed E-state index contributed by atoms with van der Waals surface area (Å²) in [5.41, 5.74) is 7.62. The van der Waals surface area contributed by atoms with Crippen LogP contribution in [0.2, 0.25) is 0 Å². The third-order valence-corrected chi connectivity index (χ3v) is 5.62. The van der Waals surface area contributed by atoms with E-state index in [1.165, 1.54) is 16.2 Å². The molecule has 0 radical (unpaired) electrons. The first-order valence-corrected chi connectivity index (χ1v) is 9.30. The highest BCUT2D eigenvalue weighted by Gasteiger charge is 2.27. The molecule has 0 bridgehead atoms. The van der Waals surface area contributed by atoms with E-state index in [1.54, 1.807) is 24.3 Å². The average Bonchev–Trinajstić information content (AvgIpc) is 2.92. The van der Waals surface area contributed by atoms with Crippen molar-refractivity contribution in [1.29, 1.82) is 0 Å². The van der Waals surface area contributed by atoms with Gasteiger partial charge in [0.05, 0.1) is 5.56 Å². The van der Waals surface area contributed by atoms with Gasteiger partial charge < -0.3 is 11.1 Å². The second-order valence-electron chi connectivity index (χ2n) is 6.19. The second kappa shape index (κ2) is 7.33. The maximum Gasteiger partial charge on any atom is 0.257 e. The van der Waals surface area contributed by atoms with E-state index in [-0.39, 0.29) is 11.0 Å². The van der Waals surface area contributed by atoms with Crippen LogP contribution in [-0.2, 0) is 12.8 Å². The Labute approximate surface area is 155 Å². The van der Waals surface area contributed by atoms with Crippen LogP contribution in [0.3, 0.4) is 0 Å². The quantitative estimate of drug-likeness (QED) is 0.722. The number of nitrogens with two attached hydrogens (primary N) is 1. The number of fused-ring (bicyclic) bond motifs is 1. The molecule has 25 heavy (non-hydrogen) atoms. The number of amides is 2. The number of primary amides is 1. The van der Waals surface area contributed by atoms with Crippen LogP contribution in [0.4, 0.5) is 5.00 Å². The summed E-state index contributed by atoms with van der Waals surface area (Å²) in [5.74, 6) is -0.176. The number of hydrogen-bond acceptors (Lipinski definition) is 4. The van der Waals surface area contributed by atoms with Crippen molar-refractivity contribution >= 4 is 45.5 Å². The topological polar surface area (TPSA) is 84.2 Å². The molecule has 1 heterocycles. The molecule has 5 nitrogen and oxygen atoms in total. The fraction of sp³-hybridized carbons (Fsp3) is 0.278. The highest BCUT2D eigenvalue weighted by molar-refractivity contribution is 7.80. The lowest BCUT2D eigenvalue weighted by molar-refractivity contribution is 0.0975. The van der Waals surface area contributed by atoms with Crippen LogP contribution in [0.25, 0.3) is 0 Å². The molecule has 130 valence electrons. The molecule has 7 heteroatoms. The molecule has 1 aliphatic rings. The summed E-state index contributed by atoms with van der Waals surface area (Å²) >= 11 is 6.73. The van der Waals surface area contributed by atoms with Crippen LogP contribution in [0, 0.1) is 5.92 Å². The molecule has 1 unspecified atom stereocenters. The molecule has 2 amide bonds. The van der Waals surface area contributed by atoms with Crippen LogP contribution in [0.15, 0.2) is 30.3 Å². The predicted molar refractivity (Wildman–Crippen MR) is 104 cm³/mol. The zero-order valence-electron chi connectivity index (χ0n) is 13.8. The first kappa shape index (κ1) is 17.6. The molecule has 0 saturated carbocycles. The van der Waals surface area contributed by atoms with Crippen molar-refractivity contribution in [3.05, 3.63) is 51.9 Å². The van der Waals surface area contributed by atoms with Crippen LogP contribution in [0.1, 0.15) is 44.5 Å². The lowest BCUT2D eigenvalue weighted by Crippen LogP contribution is -2.34. The Morgan fingerprint density at radius 1 is 1.28 bits per heavy atom. The van der Waals surface area contributed by atoms with Gasteiger partial charge in [-0.05, 0) is 55.1 Å². The standard InChI is InChI=1S/C18H19N3O2S2/c1-10-7-8-12-13(9-10)25-17(14(12)15(19)22)21-18(24)20-16(23)11-5-3-2-4-6-11/h2-6,10H,7-9H2,1H3,(H2,19,22)(H2,20,21,23,24). The van der Waals surface area contributed by atoms with Gasteiger partial charge in [-0.2, -0.15) is 0 Å². The zero-order valence-corrected chi connectivity index (χ0v) is 15.4. The van der Waals surface area contributed by atoms with E-state index in [0.717, 1.165) is 24.8 Å². The van der Waals surface area contributed by atoms with Crippen molar-refractivity contribution in [3.63, 3.8) is 0 Å². The molecule has 4 N–H and O–H groups in total. The Hall–Kier alpha value is -2.25. The van der Waals surface area contributed by atoms with E-state index in [2.05, 4.69) is 17.6 Å². The van der Waals surface area contributed by atoms with Gasteiger partial charge in [0.25, 0.3) is 11.8 Å². The van der Waals surface area contributed by atoms with Gasteiger partial charge in [0.2, 0.25) is 0 Å². The minimum Gasteiger partial charge on any atom is -0.365 e. The third kappa shape index (κ3) is 3.88. The Morgan fingerprint density at radius 2 is 2.00 bits per heavy atom. The fourth-order valence-corrected chi connectivity index (χ4v) is 4.68. The number of thiocarbonyl (C=S) groups is 1. The number of thiophene rings is 1. The van der Waals surface area contributed by atoms with Crippen molar-refractivity contribution in [1.82, 2.24) is 5.32 Å². The van der Waals surface area contributed by atoms with E-state index < -0.39 is 5.91 Å². The minimum atomic E-state index is -0.466. The summed E-state index contributed by atoms with van der Waals surface area (Å²) in [6.45, 7) is 2.20. The molecule has 0 fully saturated rings. The maximum absolute atomic E-state index is 12.2. The minimum absolute atomic E-state index is 0.156. The number of benzene rings is 1. The molecule has 1 aromatic carbocycles. The average molecular weight is 374 g/mol. The molecule has 0 spiro atoms. The van der Waals surface area contributed by atoms with E-state index in [0.29, 0.717) is 22.0 Å². The van der Waals surface area contributed by atoms with E-state index in [4.69, 9.17) is 18.0 Å². The van der Waals surface area contributed by atoms with E-state index >= 15 is 0 Å². The van der Waals surface area contributed by atoms with Gasteiger partial charge in [-0.1, -0.05) is 25.1 Å². The van der Waals surface area contributed by atoms with Gasteiger partial charge in [0, 0.05) is 10.4 Å². The maximum atomic E-state index is 12.2. The van der Waals surface area contributed by atoms with Crippen LogP contribution in [-0.4, -0.2) is 16.9 Å². The summed E-state index contributed by atoms with van der Waals surface area (Å²) in [4.78, 5) is 25.3. The number of hydrogen-bond donors (Lipinski definition) is 3. The van der Waals surface area contributed by atoms with Crippen molar-refractivity contribution in [2.24, 2.45) is 11.7 Å². The van der Waals surface area contributed by atoms with Crippen molar-refractivity contribution < 1.29 is 9.59 Å². The van der Waals surface area contributed by atoms with Crippen LogP contribution in [0.5, 0.6) is 0 Å². The van der Waals surface area contributed by atoms with Gasteiger partial charge in [-0.3, -0.25) is 14.9 Å². The lowest BCUT2D eigenvalue weighted by Gasteiger charge is -2.18. The highest BCUT2D eigenvalue weighted by atomic mass is 32.1. The Bertz CT molecular complexity index is 830. The van der Waals surface area contributed by atoms with Crippen molar-refractivity contribution in [3.8, 4) is 0 Å². The van der Waals surface area contributed by atoms with Crippen LogP contribution < -0.4 is 16.4 Å². The first-order valence-electron chi connectivity index (χ1n) is 8.07. The number of nitrogens with one attached hydrogen (secondary N) is 2. The Balaban J connectivity index is 1.77. The number of rotatable bonds is 3. The molecule has 3 rings (SSSR count). The molecular weight excluding hydrogens is 354 g/mol. The molecule has 1 atom stereocenters. The molecule has 1 aromatic heterocycles. The molecular formula is C18H19N3O2S2. The number of carbonyl (C=O) groups excluding carboxylic acids is 2. The fourth-order valence-electron chi connectivity index (χ4n) is 3.00. The second-order valence-corrected chi connectivity index (χ2v) is 7.71. The van der Waals surface area contributed by atoms with Crippen molar-refractivity contribution in [2.75, 3.05) is 5.32 Å². The Kier molecular flexibility index (Phi) is 5.15. The van der Waals surface area contributed by atoms with E-state index in [1.807, 2.05) is 6.07 Å². The zero-order chi connectivity index (χ0) is 18.0. The van der Waals surface area contributed by atoms with Gasteiger partial charge >= 0.3 is 0 Å². The molecule has 0 aliphatic heterocycles. The monoisotopic (exact) mass is 373 g/mol. The number of anilines is 1. The summed E-state index contributed by atoms with van der Waals surface area (Å²) in [7, 11) is 0. The predicted octanol–water partition coefficient (Wildman–Crippen LogP) is 3.10. The number of carbonyl (C=O) groups is 2. The SMILES string of the molecule is CC1CCc2c(sc(NC(=S)NC(=O)c3ccccc3)c2C(N)=O)C1. The normalized spacial score (nSPS) is 16.0. The summed E-state index contributed by atoms with van der Waals surface area (Å²) < 4.78 is 0. The van der Waals surface area contributed by atoms with Gasteiger partial charge in [-0.25, -0.2) is 0 Å². The van der Waals surface area contributed by atoms with Gasteiger partial charge in [0.1, 0.15) is 5.00 Å². The highest BCUT2D eigenvalue weighted by Crippen LogP contribution is 2.39. The lowest BCUT2D eigenvalue weighted by atomic mass is 9.88. The van der Waals surface area contributed by atoms with Gasteiger partial charge in [-0.15, -0.1) is 11.3 Å². The molecule has 0 saturated heterocycles. The molecule has 1 aliphatic carbocycles. The largest absolute Gasteiger partial charge is 0.365 e. The van der Waals surface area contributed by atoms with Gasteiger partial charge in [0.15, 0.2) is 5.11 Å². The molecule has 2 aromatic rings. The first-order chi connectivity index (χ1) is 12.0. The summed E-state index contributed by atoms with van der Waals surface area (Å²) in [6.07, 6.45) is 2.82. The summed E-state index contributed by atoms with van der Waals surface area (Å²) in [5, 5.41) is 6.39.